The maximum absolute atomic E-state index is 5.72. The molecule has 2 N–H and O–H groups in total. The summed E-state index contributed by atoms with van der Waals surface area (Å²) >= 11 is 0. The van der Waals surface area contributed by atoms with Crippen molar-refractivity contribution in [2.24, 2.45) is 5.73 Å². The Morgan fingerprint density at radius 2 is 1.89 bits per heavy atom. The van der Waals surface area contributed by atoms with Crippen LogP contribution in [-0.4, -0.2) is 24.7 Å². The average Bonchev–Trinajstić information content (AvgIpc) is 2.44. The van der Waals surface area contributed by atoms with Gasteiger partial charge in [0.25, 0.3) is 0 Å². The zero-order chi connectivity index (χ0) is 13.4. The molecule has 2 heterocycles. The van der Waals surface area contributed by atoms with E-state index < -0.39 is 0 Å². The molecule has 2 aromatic rings. The van der Waals surface area contributed by atoms with Gasteiger partial charge in [-0.15, -0.1) is 0 Å². The number of ether oxygens (including phenoxy) is 2. The fourth-order valence-electron chi connectivity index (χ4n) is 2.33. The molecule has 0 bridgehead atoms. The van der Waals surface area contributed by atoms with E-state index in [1.165, 1.54) is 5.56 Å². The van der Waals surface area contributed by atoms with Crippen molar-refractivity contribution in [2.45, 2.75) is 19.8 Å². The normalized spacial score (nSPS) is 15.5. The van der Waals surface area contributed by atoms with Crippen LogP contribution in [0, 0.1) is 6.92 Å². The van der Waals surface area contributed by atoms with Crippen molar-refractivity contribution in [3.8, 4) is 11.5 Å². The summed E-state index contributed by atoms with van der Waals surface area (Å²) in [7, 11) is 0. The summed E-state index contributed by atoms with van der Waals surface area (Å²) in [4.78, 5) is 4.70. The van der Waals surface area contributed by atoms with E-state index in [2.05, 4.69) is 19.9 Å². The molecule has 1 aliphatic heterocycles. The standard InChI is InChI=1S/C15H18N2O2/c1-9-5-12(10(2)8-16)17-13-7-15-14(6-11(9)13)18-3-4-19-15/h5-7,10H,3-4,8,16H2,1-2H3. The van der Waals surface area contributed by atoms with E-state index in [0.29, 0.717) is 19.8 Å². The summed E-state index contributed by atoms with van der Waals surface area (Å²) in [5.74, 6) is 1.85. The molecule has 4 heteroatoms. The van der Waals surface area contributed by atoms with Crippen molar-refractivity contribution >= 4 is 10.9 Å². The molecule has 0 fully saturated rings. The van der Waals surface area contributed by atoms with Crippen LogP contribution in [0.2, 0.25) is 0 Å². The first-order chi connectivity index (χ1) is 9.19. The smallest absolute Gasteiger partial charge is 0.163 e. The largest absolute Gasteiger partial charge is 0.486 e. The Morgan fingerprint density at radius 3 is 2.58 bits per heavy atom. The van der Waals surface area contributed by atoms with Crippen LogP contribution in [0.4, 0.5) is 0 Å². The summed E-state index contributed by atoms with van der Waals surface area (Å²) in [6.07, 6.45) is 0. The molecule has 4 nitrogen and oxygen atoms in total. The van der Waals surface area contributed by atoms with E-state index >= 15 is 0 Å². The molecule has 1 atom stereocenters. The highest BCUT2D eigenvalue weighted by atomic mass is 16.6. The fraction of sp³-hybridized carbons (Fsp3) is 0.400. The number of nitrogens with zero attached hydrogens (tertiary/aromatic N) is 1. The van der Waals surface area contributed by atoms with Gasteiger partial charge in [0, 0.05) is 29.6 Å². The van der Waals surface area contributed by atoms with E-state index in [0.717, 1.165) is 28.1 Å². The monoisotopic (exact) mass is 258 g/mol. The first-order valence-electron chi connectivity index (χ1n) is 6.60. The lowest BCUT2D eigenvalue weighted by atomic mass is 10.0. The number of rotatable bonds is 2. The van der Waals surface area contributed by atoms with Crippen LogP contribution in [0.5, 0.6) is 11.5 Å². The second-order valence-electron chi connectivity index (χ2n) is 5.01. The van der Waals surface area contributed by atoms with Crippen LogP contribution in [-0.2, 0) is 0 Å². The molecule has 0 radical (unpaired) electrons. The van der Waals surface area contributed by atoms with Gasteiger partial charge in [0.15, 0.2) is 11.5 Å². The Labute approximate surface area is 112 Å². The first kappa shape index (κ1) is 12.2. The van der Waals surface area contributed by atoms with Gasteiger partial charge in [0.2, 0.25) is 0 Å². The predicted octanol–water partition coefficient (Wildman–Crippen LogP) is 2.38. The second kappa shape index (κ2) is 4.70. The molecule has 100 valence electrons. The van der Waals surface area contributed by atoms with Crippen molar-refractivity contribution in [1.82, 2.24) is 4.98 Å². The van der Waals surface area contributed by atoms with Crippen LogP contribution in [0.1, 0.15) is 24.1 Å². The summed E-state index contributed by atoms with van der Waals surface area (Å²) in [5.41, 5.74) is 8.89. The van der Waals surface area contributed by atoms with E-state index in [-0.39, 0.29) is 5.92 Å². The van der Waals surface area contributed by atoms with Gasteiger partial charge in [0.05, 0.1) is 5.52 Å². The van der Waals surface area contributed by atoms with Gasteiger partial charge in [-0.1, -0.05) is 6.92 Å². The SMILES string of the molecule is Cc1cc(C(C)CN)nc2cc3c(cc12)OCCO3. The zero-order valence-corrected chi connectivity index (χ0v) is 11.3. The Kier molecular flexibility index (Phi) is 3.03. The number of hydrogen-bond donors (Lipinski definition) is 1. The molecule has 0 saturated heterocycles. The van der Waals surface area contributed by atoms with E-state index in [4.69, 9.17) is 20.2 Å². The molecule has 1 aromatic carbocycles. The number of nitrogens with two attached hydrogens (primary N) is 1. The van der Waals surface area contributed by atoms with Crippen LogP contribution >= 0.6 is 0 Å². The lowest BCUT2D eigenvalue weighted by Crippen LogP contribution is -2.15. The minimum atomic E-state index is 0.260. The van der Waals surface area contributed by atoms with Crippen molar-refractivity contribution in [1.29, 1.82) is 0 Å². The molecule has 0 amide bonds. The molecule has 1 aliphatic rings. The Balaban J connectivity index is 2.18. The number of aromatic nitrogens is 1. The highest BCUT2D eigenvalue weighted by molar-refractivity contribution is 5.86. The third-order valence-corrected chi connectivity index (χ3v) is 3.56. The molecule has 0 aliphatic carbocycles. The van der Waals surface area contributed by atoms with E-state index in [1.807, 2.05) is 12.1 Å². The molecule has 1 aromatic heterocycles. The van der Waals surface area contributed by atoms with Gasteiger partial charge < -0.3 is 15.2 Å². The van der Waals surface area contributed by atoms with Gasteiger partial charge in [0.1, 0.15) is 13.2 Å². The molecule has 0 spiro atoms. The Bertz CT molecular complexity index is 625. The minimum absolute atomic E-state index is 0.260. The number of fused-ring (bicyclic) bond motifs is 2. The van der Waals surface area contributed by atoms with Gasteiger partial charge >= 0.3 is 0 Å². The average molecular weight is 258 g/mol. The predicted molar refractivity (Wildman–Crippen MR) is 74.9 cm³/mol. The third-order valence-electron chi connectivity index (χ3n) is 3.56. The molecule has 0 saturated carbocycles. The van der Waals surface area contributed by atoms with Crippen molar-refractivity contribution in [3.05, 3.63) is 29.5 Å². The van der Waals surface area contributed by atoms with Crippen molar-refractivity contribution in [3.63, 3.8) is 0 Å². The van der Waals surface area contributed by atoms with E-state index in [1.54, 1.807) is 0 Å². The lowest BCUT2D eigenvalue weighted by molar-refractivity contribution is 0.172. The van der Waals surface area contributed by atoms with Gasteiger partial charge in [-0.3, -0.25) is 4.98 Å². The number of benzene rings is 1. The topological polar surface area (TPSA) is 57.4 Å². The fourth-order valence-corrected chi connectivity index (χ4v) is 2.33. The quantitative estimate of drug-likeness (QED) is 0.898. The summed E-state index contributed by atoms with van der Waals surface area (Å²) in [6, 6.07) is 6.09. The van der Waals surface area contributed by atoms with Gasteiger partial charge in [-0.05, 0) is 24.6 Å². The van der Waals surface area contributed by atoms with Crippen molar-refractivity contribution in [2.75, 3.05) is 19.8 Å². The Morgan fingerprint density at radius 1 is 1.21 bits per heavy atom. The number of hydrogen-bond acceptors (Lipinski definition) is 4. The maximum Gasteiger partial charge on any atom is 0.163 e. The first-order valence-corrected chi connectivity index (χ1v) is 6.60. The van der Waals surface area contributed by atoms with E-state index in [9.17, 15) is 0 Å². The van der Waals surface area contributed by atoms with Crippen LogP contribution < -0.4 is 15.2 Å². The molecule has 19 heavy (non-hydrogen) atoms. The Hall–Kier alpha value is -1.81. The molecule has 1 unspecified atom stereocenters. The zero-order valence-electron chi connectivity index (χ0n) is 11.3. The molecule has 3 rings (SSSR count). The van der Waals surface area contributed by atoms with Crippen LogP contribution in [0.15, 0.2) is 18.2 Å². The van der Waals surface area contributed by atoms with Crippen LogP contribution in [0.25, 0.3) is 10.9 Å². The van der Waals surface area contributed by atoms with Crippen molar-refractivity contribution < 1.29 is 9.47 Å². The highest BCUT2D eigenvalue weighted by Gasteiger charge is 2.15. The summed E-state index contributed by atoms with van der Waals surface area (Å²) in [5, 5.41) is 1.11. The third kappa shape index (κ3) is 2.12. The van der Waals surface area contributed by atoms with Crippen LogP contribution in [0.3, 0.4) is 0 Å². The van der Waals surface area contributed by atoms with Gasteiger partial charge in [-0.25, -0.2) is 0 Å². The summed E-state index contributed by atoms with van der Waals surface area (Å²) < 4.78 is 11.2. The van der Waals surface area contributed by atoms with Gasteiger partial charge in [-0.2, -0.15) is 0 Å². The summed E-state index contributed by atoms with van der Waals surface area (Å²) in [6.45, 7) is 5.98. The molecular weight excluding hydrogens is 240 g/mol. The number of pyridine rings is 1. The minimum Gasteiger partial charge on any atom is -0.486 e. The lowest BCUT2D eigenvalue weighted by Gasteiger charge is -2.19. The molecular formula is C15H18N2O2. The number of aryl methyl sites for hydroxylation is 1. The maximum atomic E-state index is 5.72. The second-order valence-corrected chi connectivity index (χ2v) is 5.01. The highest BCUT2D eigenvalue weighted by Crippen LogP contribution is 2.35.